The summed E-state index contributed by atoms with van der Waals surface area (Å²) >= 11 is 0. The zero-order valence-electron chi connectivity index (χ0n) is 8.13. The number of carbonyl (C=O) groups is 1. The van der Waals surface area contributed by atoms with Crippen LogP contribution in [0.25, 0.3) is 0 Å². The molecule has 70 valence electrons. The molecular weight excluding hydrogens is 152 g/mol. The topological polar surface area (TPSA) is 37.3 Å². The van der Waals surface area contributed by atoms with E-state index in [2.05, 4.69) is 0 Å². The van der Waals surface area contributed by atoms with Gasteiger partial charge in [-0.05, 0) is 39.2 Å². The van der Waals surface area contributed by atoms with Crippen molar-refractivity contribution in [3.8, 4) is 0 Å². The molecule has 0 rings (SSSR count). The van der Waals surface area contributed by atoms with Crippen LogP contribution in [0.4, 0.5) is 0 Å². The van der Waals surface area contributed by atoms with Crippen molar-refractivity contribution in [1.82, 2.24) is 0 Å². The number of allylic oxidation sites excluding steroid dienone is 2. The van der Waals surface area contributed by atoms with Gasteiger partial charge in [-0.2, -0.15) is 0 Å². The molecule has 0 amide bonds. The molecule has 1 atom stereocenters. The van der Waals surface area contributed by atoms with Crippen LogP contribution in [0, 0.1) is 0 Å². The maximum Gasteiger partial charge on any atom is 0.158 e. The Kier molecular flexibility index (Phi) is 5.64. The molecule has 12 heavy (non-hydrogen) atoms. The van der Waals surface area contributed by atoms with E-state index in [9.17, 15) is 4.79 Å². The van der Waals surface area contributed by atoms with Gasteiger partial charge in [0.1, 0.15) is 0 Å². The van der Waals surface area contributed by atoms with Gasteiger partial charge in [-0.1, -0.05) is 6.08 Å². The summed E-state index contributed by atoms with van der Waals surface area (Å²) in [6.07, 6.45) is 3.58. The first-order valence-electron chi connectivity index (χ1n) is 4.42. The minimum atomic E-state index is -0.288. The van der Waals surface area contributed by atoms with Gasteiger partial charge in [0.05, 0.1) is 6.10 Å². The molecule has 0 aromatic heterocycles. The molecule has 0 spiro atoms. The maximum atomic E-state index is 11.2. The van der Waals surface area contributed by atoms with Gasteiger partial charge < -0.3 is 5.11 Å². The minimum Gasteiger partial charge on any atom is -0.393 e. The maximum absolute atomic E-state index is 11.2. The van der Waals surface area contributed by atoms with Crippen molar-refractivity contribution in [1.29, 1.82) is 0 Å². The minimum absolute atomic E-state index is 0.193. The van der Waals surface area contributed by atoms with E-state index in [0.29, 0.717) is 12.8 Å². The van der Waals surface area contributed by atoms with Crippen LogP contribution < -0.4 is 0 Å². The number of Topliss-reactive ketones (excluding diaryl/α,β-unsaturated/α-hetero) is 1. The van der Waals surface area contributed by atoms with E-state index < -0.39 is 0 Å². The summed E-state index contributed by atoms with van der Waals surface area (Å²) in [6, 6.07) is 0. The Morgan fingerprint density at radius 1 is 1.58 bits per heavy atom. The first kappa shape index (κ1) is 11.4. The van der Waals surface area contributed by atoms with E-state index in [1.807, 2.05) is 19.9 Å². The van der Waals surface area contributed by atoms with Gasteiger partial charge in [0.2, 0.25) is 0 Å². The van der Waals surface area contributed by atoms with E-state index in [-0.39, 0.29) is 11.9 Å². The summed E-state index contributed by atoms with van der Waals surface area (Å²) in [7, 11) is 0. The fraction of sp³-hybridized carbons (Fsp3) is 0.700. The van der Waals surface area contributed by atoms with Crippen molar-refractivity contribution in [3.05, 3.63) is 11.6 Å². The van der Waals surface area contributed by atoms with Gasteiger partial charge in [-0.25, -0.2) is 0 Å². The van der Waals surface area contributed by atoms with Crippen molar-refractivity contribution in [2.24, 2.45) is 0 Å². The Bertz CT molecular complexity index is 169. The number of rotatable bonds is 5. The number of aliphatic hydroxyl groups is 1. The molecule has 0 saturated heterocycles. The van der Waals surface area contributed by atoms with Crippen molar-refractivity contribution in [2.45, 2.75) is 46.1 Å². The summed E-state index contributed by atoms with van der Waals surface area (Å²) in [5, 5.41) is 8.94. The normalized spacial score (nSPS) is 14.5. The van der Waals surface area contributed by atoms with Gasteiger partial charge in [0.25, 0.3) is 0 Å². The number of hydrogen-bond donors (Lipinski definition) is 1. The molecule has 0 aliphatic heterocycles. The third-order valence-corrected chi connectivity index (χ3v) is 1.90. The van der Waals surface area contributed by atoms with E-state index >= 15 is 0 Å². The van der Waals surface area contributed by atoms with Crippen molar-refractivity contribution in [2.75, 3.05) is 0 Å². The number of aliphatic hydroxyl groups excluding tert-OH is 1. The van der Waals surface area contributed by atoms with Crippen molar-refractivity contribution >= 4 is 5.78 Å². The molecule has 2 nitrogen and oxygen atoms in total. The predicted octanol–water partition coefficient (Wildman–Crippen LogP) is 2.07. The summed E-state index contributed by atoms with van der Waals surface area (Å²) in [6.45, 7) is 5.43. The Balaban J connectivity index is 3.58. The lowest BCUT2D eigenvalue weighted by atomic mass is 10.1. The lowest BCUT2D eigenvalue weighted by Gasteiger charge is -2.02. The molecule has 0 aliphatic carbocycles. The molecule has 0 aromatic rings. The van der Waals surface area contributed by atoms with E-state index in [1.165, 1.54) is 0 Å². The van der Waals surface area contributed by atoms with Gasteiger partial charge >= 0.3 is 0 Å². The average Bonchev–Trinajstić information content (AvgIpc) is 2.02. The largest absolute Gasteiger partial charge is 0.393 e. The Labute approximate surface area is 74.3 Å². The van der Waals surface area contributed by atoms with Crippen molar-refractivity contribution in [3.63, 3.8) is 0 Å². The number of ketones is 1. The lowest BCUT2D eigenvalue weighted by Crippen LogP contribution is -2.03. The summed E-state index contributed by atoms with van der Waals surface area (Å²) < 4.78 is 0. The second-order valence-electron chi connectivity index (χ2n) is 3.14. The second kappa shape index (κ2) is 5.95. The van der Waals surface area contributed by atoms with Gasteiger partial charge in [-0.3, -0.25) is 4.79 Å². The average molecular weight is 170 g/mol. The molecule has 0 aliphatic rings. The second-order valence-corrected chi connectivity index (χ2v) is 3.14. The predicted molar refractivity (Wildman–Crippen MR) is 50.0 cm³/mol. The molecule has 0 aromatic carbocycles. The molecule has 0 radical (unpaired) electrons. The highest BCUT2D eigenvalue weighted by molar-refractivity contribution is 5.94. The summed E-state index contributed by atoms with van der Waals surface area (Å²) in [5.74, 6) is 0.193. The van der Waals surface area contributed by atoms with E-state index in [4.69, 9.17) is 5.11 Å². The Morgan fingerprint density at radius 3 is 2.58 bits per heavy atom. The summed E-state index contributed by atoms with van der Waals surface area (Å²) in [4.78, 5) is 11.2. The number of hydrogen-bond acceptors (Lipinski definition) is 2. The van der Waals surface area contributed by atoms with Gasteiger partial charge in [-0.15, -0.1) is 0 Å². The quantitative estimate of drug-likeness (QED) is 0.641. The first-order chi connectivity index (χ1) is 5.57. The van der Waals surface area contributed by atoms with Crippen LogP contribution in [0.1, 0.15) is 40.0 Å². The highest BCUT2D eigenvalue weighted by atomic mass is 16.3. The highest BCUT2D eigenvalue weighted by Crippen LogP contribution is 2.05. The molecule has 0 heterocycles. The molecule has 2 heteroatoms. The van der Waals surface area contributed by atoms with Crippen LogP contribution in [0.5, 0.6) is 0 Å². The van der Waals surface area contributed by atoms with E-state index in [1.54, 1.807) is 6.92 Å². The third-order valence-electron chi connectivity index (χ3n) is 1.90. The lowest BCUT2D eigenvalue weighted by molar-refractivity contribution is -0.115. The third kappa shape index (κ3) is 5.08. The Morgan fingerprint density at radius 2 is 2.17 bits per heavy atom. The molecule has 0 saturated carbocycles. The molecule has 1 N–H and O–H groups in total. The molecule has 0 fully saturated rings. The van der Waals surface area contributed by atoms with Crippen molar-refractivity contribution < 1.29 is 9.90 Å². The fourth-order valence-corrected chi connectivity index (χ4v) is 0.916. The SMILES string of the molecule is C/C=C(\C)C(=O)CCC[C@H](C)O. The summed E-state index contributed by atoms with van der Waals surface area (Å²) in [5.41, 5.74) is 0.820. The van der Waals surface area contributed by atoms with Crippen LogP contribution >= 0.6 is 0 Å². The van der Waals surface area contributed by atoms with Crippen LogP contribution in [0.3, 0.4) is 0 Å². The Hall–Kier alpha value is -0.630. The first-order valence-corrected chi connectivity index (χ1v) is 4.42. The smallest absolute Gasteiger partial charge is 0.158 e. The number of carbonyl (C=O) groups excluding carboxylic acids is 1. The molecular formula is C10H18O2. The molecule has 0 unspecified atom stereocenters. The van der Waals surface area contributed by atoms with E-state index in [0.717, 1.165) is 12.0 Å². The fourth-order valence-electron chi connectivity index (χ4n) is 0.916. The zero-order chi connectivity index (χ0) is 9.56. The van der Waals surface area contributed by atoms with Crippen LogP contribution in [0.2, 0.25) is 0 Å². The molecule has 0 bridgehead atoms. The van der Waals surface area contributed by atoms with Gasteiger partial charge in [0.15, 0.2) is 5.78 Å². The van der Waals surface area contributed by atoms with Crippen LogP contribution in [-0.4, -0.2) is 17.0 Å². The van der Waals surface area contributed by atoms with Crippen LogP contribution in [-0.2, 0) is 4.79 Å². The van der Waals surface area contributed by atoms with Crippen LogP contribution in [0.15, 0.2) is 11.6 Å². The zero-order valence-corrected chi connectivity index (χ0v) is 8.13. The standard InChI is InChI=1S/C10H18O2/c1-4-8(2)10(12)7-5-6-9(3)11/h4,9,11H,5-7H2,1-3H3/b8-4+/t9-/m0/s1. The highest BCUT2D eigenvalue weighted by Gasteiger charge is 2.03. The van der Waals surface area contributed by atoms with Gasteiger partial charge in [0, 0.05) is 6.42 Å². The monoisotopic (exact) mass is 170 g/mol.